The Labute approximate surface area is 136 Å². The maximum absolute atomic E-state index is 12.4. The van der Waals surface area contributed by atoms with Crippen LogP contribution in [0.4, 0.5) is 0 Å². The van der Waals surface area contributed by atoms with Gasteiger partial charge in [-0.05, 0) is 61.8 Å². The molecule has 6 heteroatoms. The van der Waals surface area contributed by atoms with Crippen LogP contribution in [0, 0.1) is 17.8 Å². The van der Waals surface area contributed by atoms with Crippen LogP contribution in [0.5, 0.6) is 0 Å². The Kier molecular flexibility index (Phi) is 4.55. The number of carbonyl (C=O) groups excluding carboxylic acids is 1. The van der Waals surface area contributed by atoms with Gasteiger partial charge < -0.3 is 4.74 Å². The van der Waals surface area contributed by atoms with E-state index in [0.29, 0.717) is 36.5 Å². The highest BCUT2D eigenvalue weighted by molar-refractivity contribution is 7.89. The van der Waals surface area contributed by atoms with Gasteiger partial charge in [0, 0.05) is 6.54 Å². The van der Waals surface area contributed by atoms with Gasteiger partial charge in [0.05, 0.1) is 17.1 Å². The maximum atomic E-state index is 12.4. The lowest BCUT2D eigenvalue weighted by atomic mass is 9.94. The number of hydrogen-bond acceptors (Lipinski definition) is 4. The molecule has 124 valence electrons. The second-order valence-electron chi connectivity index (χ2n) is 6.14. The van der Waals surface area contributed by atoms with Gasteiger partial charge in [0.25, 0.3) is 0 Å². The molecule has 1 aromatic rings. The van der Waals surface area contributed by atoms with E-state index in [9.17, 15) is 13.2 Å². The number of carbonyl (C=O) groups is 1. The monoisotopic (exact) mass is 335 g/mol. The van der Waals surface area contributed by atoms with Crippen molar-refractivity contribution in [3.63, 3.8) is 0 Å². The summed E-state index contributed by atoms with van der Waals surface area (Å²) in [5, 5.41) is 0. The first-order chi connectivity index (χ1) is 11.0. The summed E-state index contributed by atoms with van der Waals surface area (Å²) in [5.74, 6) is 1.07. The summed E-state index contributed by atoms with van der Waals surface area (Å²) in [6.07, 6.45) is 6.66. The summed E-state index contributed by atoms with van der Waals surface area (Å²) in [4.78, 5) is 11.8. The van der Waals surface area contributed by atoms with Crippen molar-refractivity contribution in [2.24, 2.45) is 17.8 Å². The van der Waals surface area contributed by atoms with E-state index in [-0.39, 0.29) is 4.90 Å². The van der Waals surface area contributed by atoms with E-state index in [1.54, 1.807) is 6.92 Å². The molecular weight excluding hydrogens is 314 g/mol. The van der Waals surface area contributed by atoms with E-state index in [1.807, 2.05) is 0 Å². The van der Waals surface area contributed by atoms with E-state index in [2.05, 4.69) is 16.9 Å². The SMILES string of the molecule is CCOC(=O)c1ccc(S(=O)(=O)NC[C@@H]2C[C@H]3C=C[C@H]2C3)cc1. The lowest BCUT2D eigenvalue weighted by Gasteiger charge is -2.18. The fourth-order valence-electron chi connectivity index (χ4n) is 3.41. The van der Waals surface area contributed by atoms with Crippen molar-refractivity contribution in [2.75, 3.05) is 13.2 Å². The zero-order chi connectivity index (χ0) is 16.4. The van der Waals surface area contributed by atoms with Gasteiger partial charge in [-0.15, -0.1) is 0 Å². The van der Waals surface area contributed by atoms with Crippen LogP contribution in [-0.4, -0.2) is 27.5 Å². The van der Waals surface area contributed by atoms with Gasteiger partial charge in [-0.25, -0.2) is 17.9 Å². The van der Waals surface area contributed by atoms with Crippen LogP contribution in [0.15, 0.2) is 41.3 Å². The summed E-state index contributed by atoms with van der Waals surface area (Å²) in [5.41, 5.74) is 0.351. The molecule has 2 aliphatic rings. The topological polar surface area (TPSA) is 72.5 Å². The van der Waals surface area contributed by atoms with E-state index < -0.39 is 16.0 Å². The number of allylic oxidation sites excluding steroid dienone is 2. The molecule has 23 heavy (non-hydrogen) atoms. The van der Waals surface area contributed by atoms with Crippen molar-refractivity contribution in [1.29, 1.82) is 0 Å². The molecule has 1 N–H and O–H groups in total. The van der Waals surface area contributed by atoms with Gasteiger partial charge in [0.15, 0.2) is 0 Å². The van der Waals surface area contributed by atoms with Gasteiger partial charge >= 0.3 is 5.97 Å². The number of benzene rings is 1. The normalized spacial score (nSPS) is 25.7. The number of hydrogen-bond donors (Lipinski definition) is 1. The predicted molar refractivity (Wildman–Crippen MR) is 86.4 cm³/mol. The lowest BCUT2D eigenvalue weighted by Crippen LogP contribution is -2.31. The standard InChI is InChI=1S/C17H21NO4S/c1-2-22-17(19)13-5-7-16(8-6-13)23(20,21)18-11-15-10-12-3-4-14(15)9-12/h3-8,12,14-15,18H,2,9-11H2,1H3/t12-,14-,15-/m0/s1. The average molecular weight is 335 g/mol. The van der Waals surface area contributed by atoms with Crippen LogP contribution in [0.1, 0.15) is 30.1 Å². The van der Waals surface area contributed by atoms with Gasteiger partial charge in [-0.3, -0.25) is 0 Å². The molecule has 3 rings (SSSR count). The smallest absolute Gasteiger partial charge is 0.338 e. The van der Waals surface area contributed by atoms with Crippen molar-refractivity contribution < 1.29 is 17.9 Å². The van der Waals surface area contributed by atoms with Crippen LogP contribution < -0.4 is 4.72 Å². The molecule has 1 fully saturated rings. The van der Waals surface area contributed by atoms with Crippen molar-refractivity contribution in [1.82, 2.24) is 4.72 Å². The minimum absolute atomic E-state index is 0.171. The molecule has 5 nitrogen and oxygen atoms in total. The number of ether oxygens (including phenoxy) is 1. The fourth-order valence-corrected chi connectivity index (χ4v) is 4.51. The van der Waals surface area contributed by atoms with Crippen molar-refractivity contribution in [3.05, 3.63) is 42.0 Å². The fraction of sp³-hybridized carbons (Fsp3) is 0.471. The van der Waals surface area contributed by atoms with Crippen LogP contribution in [-0.2, 0) is 14.8 Å². The largest absolute Gasteiger partial charge is 0.462 e. The second-order valence-corrected chi connectivity index (χ2v) is 7.90. The van der Waals surface area contributed by atoms with E-state index in [0.717, 1.165) is 12.8 Å². The zero-order valence-electron chi connectivity index (χ0n) is 13.1. The Morgan fingerprint density at radius 1 is 1.22 bits per heavy atom. The number of nitrogens with one attached hydrogen (secondary N) is 1. The first-order valence-electron chi connectivity index (χ1n) is 7.95. The minimum Gasteiger partial charge on any atom is -0.462 e. The van der Waals surface area contributed by atoms with Crippen LogP contribution >= 0.6 is 0 Å². The highest BCUT2D eigenvalue weighted by Crippen LogP contribution is 2.43. The van der Waals surface area contributed by atoms with Crippen LogP contribution in [0.25, 0.3) is 0 Å². The molecule has 2 bridgehead atoms. The molecule has 1 saturated carbocycles. The third-order valence-electron chi connectivity index (χ3n) is 4.63. The van der Waals surface area contributed by atoms with Crippen LogP contribution in [0.3, 0.4) is 0 Å². The Morgan fingerprint density at radius 2 is 1.96 bits per heavy atom. The van der Waals surface area contributed by atoms with E-state index in [4.69, 9.17) is 4.74 Å². The Morgan fingerprint density at radius 3 is 2.52 bits per heavy atom. The predicted octanol–water partition coefficient (Wildman–Crippen LogP) is 2.35. The molecule has 0 saturated heterocycles. The quantitative estimate of drug-likeness (QED) is 0.640. The molecule has 2 aliphatic carbocycles. The van der Waals surface area contributed by atoms with E-state index >= 15 is 0 Å². The van der Waals surface area contributed by atoms with Crippen LogP contribution in [0.2, 0.25) is 0 Å². The third kappa shape index (κ3) is 3.48. The number of sulfonamides is 1. The molecule has 0 amide bonds. The summed E-state index contributed by atoms with van der Waals surface area (Å²) in [6, 6.07) is 5.84. The van der Waals surface area contributed by atoms with Gasteiger partial charge in [-0.1, -0.05) is 12.2 Å². The molecule has 0 radical (unpaired) electrons. The number of rotatable bonds is 6. The molecule has 3 atom stereocenters. The lowest BCUT2D eigenvalue weighted by molar-refractivity contribution is 0.0526. The second kappa shape index (κ2) is 6.45. The molecule has 0 aromatic heterocycles. The van der Waals surface area contributed by atoms with Gasteiger partial charge in [0.1, 0.15) is 0 Å². The molecule has 1 aromatic carbocycles. The Hall–Kier alpha value is -1.66. The molecule has 0 heterocycles. The highest BCUT2D eigenvalue weighted by Gasteiger charge is 2.35. The average Bonchev–Trinajstić information content (AvgIpc) is 3.16. The number of esters is 1. The Bertz CT molecular complexity index is 709. The summed E-state index contributed by atoms with van der Waals surface area (Å²) in [6.45, 7) is 2.48. The van der Waals surface area contributed by atoms with Crippen molar-refractivity contribution >= 4 is 16.0 Å². The molecule has 0 unspecified atom stereocenters. The van der Waals surface area contributed by atoms with Gasteiger partial charge in [0.2, 0.25) is 10.0 Å². The molecule has 0 spiro atoms. The maximum Gasteiger partial charge on any atom is 0.338 e. The van der Waals surface area contributed by atoms with Crippen molar-refractivity contribution in [2.45, 2.75) is 24.7 Å². The highest BCUT2D eigenvalue weighted by atomic mass is 32.2. The zero-order valence-corrected chi connectivity index (χ0v) is 13.9. The Balaban J connectivity index is 1.63. The number of fused-ring (bicyclic) bond motifs is 2. The summed E-state index contributed by atoms with van der Waals surface area (Å²) < 4.78 is 32.3. The summed E-state index contributed by atoms with van der Waals surface area (Å²) >= 11 is 0. The van der Waals surface area contributed by atoms with E-state index in [1.165, 1.54) is 24.3 Å². The minimum atomic E-state index is -3.55. The third-order valence-corrected chi connectivity index (χ3v) is 6.07. The first-order valence-corrected chi connectivity index (χ1v) is 9.43. The van der Waals surface area contributed by atoms with Gasteiger partial charge in [-0.2, -0.15) is 0 Å². The first kappa shape index (κ1) is 16.2. The summed E-state index contributed by atoms with van der Waals surface area (Å²) in [7, 11) is -3.55. The molecule has 0 aliphatic heterocycles. The van der Waals surface area contributed by atoms with Crippen molar-refractivity contribution in [3.8, 4) is 0 Å². The molecular formula is C17H21NO4S.